The summed E-state index contributed by atoms with van der Waals surface area (Å²) in [6.45, 7) is 1.98. The van der Waals surface area contributed by atoms with Crippen LogP contribution in [0.4, 0.5) is 17.3 Å². The van der Waals surface area contributed by atoms with Gasteiger partial charge in [-0.1, -0.05) is 0 Å². The van der Waals surface area contributed by atoms with Crippen molar-refractivity contribution in [2.75, 3.05) is 28.6 Å². The summed E-state index contributed by atoms with van der Waals surface area (Å²) < 4.78 is 0. The maximum atomic E-state index is 12.7. The minimum absolute atomic E-state index is 0.132. The fourth-order valence-corrected chi connectivity index (χ4v) is 3.28. The van der Waals surface area contributed by atoms with Crippen LogP contribution in [0.5, 0.6) is 0 Å². The molecule has 130 valence electrons. The third kappa shape index (κ3) is 3.57. The molecule has 6 nitrogen and oxygen atoms in total. The van der Waals surface area contributed by atoms with Gasteiger partial charge in [0.15, 0.2) is 5.82 Å². The Hall–Kier alpha value is -2.63. The Labute approximate surface area is 147 Å². The van der Waals surface area contributed by atoms with Gasteiger partial charge < -0.3 is 15.5 Å². The van der Waals surface area contributed by atoms with Gasteiger partial charge in [0.1, 0.15) is 5.82 Å². The zero-order chi connectivity index (χ0) is 17.1. The molecule has 0 atom stereocenters. The number of nitrogens with one attached hydrogen (secondary N) is 2. The lowest BCUT2D eigenvalue weighted by molar-refractivity contribution is 0.102. The Balaban J connectivity index is 1.49. The Morgan fingerprint density at radius 1 is 1.08 bits per heavy atom. The van der Waals surface area contributed by atoms with Crippen LogP contribution >= 0.6 is 0 Å². The van der Waals surface area contributed by atoms with E-state index in [0.29, 0.717) is 11.6 Å². The van der Waals surface area contributed by atoms with Gasteiger partial charge in [-0.3, -0.25) is 4.79 Å². The summed E-state index contributed by atoms with van der Waals surface area (Å²) in [5.41, 5.74) is 1.37. The van der Waals surface area contributed by atoms with Gasteiger partial charge in [0.05, 0.1) is 5.69 Å². The van der Waals surface area contributed by atoms with Crippen LogP contribution < -0.4 is 15.5 Å². The van der Waals surface area contributed by atoms with E-state index in [1.165, 1.54) is 32.1 Å². The van der Waals surface area contributed by atoms with Crippen molar-refractivity contribution in [2.24, 2.45) is 0 Å². The Morgan fingerprint density at radius 3 is 2.68 bits per heavy atom. The third-order valence-electron chi connectivity index (χ3n) is 4.92. The van der Waals surface area contributed by atoms with Crippen molar-refractivity contribution in [2.45, 2.75) is 38.1 Å². The monoisotopic (exact) mass is 337 g/mol. The predicted molar refractivity (Wildman–Crippen MR) is 99.1 cm³/mol. The van der Waals surface area contributed by atoms with Crippen LogP contribution in [-0.4, -0.2) is 35.0 Å². The normalized spacial score (nSPS) is 17.2. The largest absolute Gasteiger partial charge is 0.367 e. The number of pyridine rings is 2. The minimum atomic E-state index is -0.132. The first-order chi connectivity index (χ1) is 12.3. The van der Waals surface area contributed by atoms with Gasteiger partial charge in [0.25, 0.3) is 5.91 Å². The first-order valence-corrected chi connectivity index (χ1v) is 9.03. The van der Waals surface area contributed by atoms with Gasteiger partial charge in [-0.2, -0.15) is 0 Å². The molecule has 2 aromatic heterocycles. The number of hydrogen-bond acceptors (Lipinski definition) is 5. The fraction of sp³-hybridized carbons (Fsp3) is 0.421. The molecule has 1 saturated carbocycles. The van der Waals surface area contributed by atoms with Gasteiger partial charge in [-0.15, -0.1) is 0 Å². The summed E-state index contributed by atoms with van der Waals surface area (Å²) in [6.07, 6.45) is 9.41. The van der Waals surface area contributed by atoms with Gasteiger partial charge >= 0.3 is 0 Å². The number of aromatic nitrogens is 2. The summed E-state index contributed by atoms with van der Waals surface area (Å²) in [4.78, 5) is 23.7. The predicted octanol–water partition coefficient (Wildman–Crippen LogP) is 3.29. The number of carbonyl (C=O) groups is 1. The number of hydrogen-bond donors (Lipinski definition) is 2. The standard InChI is InChI=1S/C19H23N5O/c25-19(14-8-10-20-17(13-14)22-15-5-3-6-15)23-16-7-4-9-21-18(16)24-11-1-2-12-24/h4,7-10,13,15H,1-3,5-6,11-12H2,(H,20,22)(H,23,25). The highest BCUT2D eigenvalue weighted by Crippen LogP contribution is 2.27. The first-order valence-electron chi connectivity index (χ1n) is 9.03. The van der Waals surface area contributed by atoms with Crippen molar-refractivity contribution in [3.05, 3.63) is 42.2 Å². The van der Waals surface area contributed by atoms with E-state index in [1.807, 2.05) is 18.2 Å². The molecule has 2 aliphatic rings. The van der Waals surface area contributed by atoms with Crippen LogP contribution in [-0.2, 0) is 0 Å². The van der Waals surface area contributed by atoms with Gasteiger partial charge in [-0.05, 0) is 56.4 Å². The molecule has 4 rings (SSSR count). The van der Waals surface area contributed by atoms with E-state index in [-0.39, 0.29) is 5.91 Å². The SMILES string of the molecule is O=C(Nc1cccnc1N1CCCC1)c1ccnc(NC2CCC2)c1. The quantitative estimate of drug-likeness (QED) is 0.876. The van der Waals surface area contributed by atoms with Crippen LogP contribution in [0.2, 0.25) is 0 Å². The third-order valence-corrected chi connectivity index (χ3v) is 4.92. The van der Waals surface area contributed by atoms with Crippen molar-refractivity contribution in [3.63, 3.8) is 0 Å². The van der Waals surface area contributed by atoms with E-state index >= 15 is 0 Å². The summed E-state index contributed by atoms with van der Waals surface area (Å²) in [5, 5.41) is 6.40. The van der Waals surface area contributed by atoms with Gasteiger partial charge in [0.2, 0.25) is 0 Å². The summed E-state index contributed by atoms with van der Waals surface area (Å²) in [5.74, 6) is 1.49. The molecular weight excluding hydrogens is 314 g/mol. The maximum absolute atomic E-state index is 12.7. The molecule has 1 aliphatic heterocycles. The topological polar surface area (TPSA) is 70.2 Å². The van der Waals surface area contributed by atoms with Gasteiger partial charge in [-0.25, -0.2) is 9.97 Å². The van der Waals surface area contributed by atoms with Gasteiger partial charge in [0, 0.05) is 37.1 Å². The molecule has 0 radical (unpaired) electrons. The summed E-state index contributed by atoms with van der Waals surface area (Å²) >= 11 is 0. The van der Waals surface area contributed by atoms with Crippen molar-refractivity contribution in [3.8, 4) is 0 Å². The number of carbonyl (C=O) groups excluding carboxylic acids is 1. The second kappa shape index (κ2) is 7.09. The molecule has 1 amide bonds. The number of amides is 1. The van der Waals surface area contributed by atoms with Crippen LogP contribution in [0.25, 0.3) is 0 Å². The fourth-order valence-electron chi connectivity index (χ4n) is 3.28. The molecule has 3 heterocycles. The average Bonchev–Trinajstić information content (AvgIpc) is 3.13. The second-order valence-corrected chi connectivity index (χ2v) is 6.72. The van der Waals surface area contributed by atoms with Crippen LogP contribution in [0.1, 0.15) is 42.5 Å². The lowest BCUT2D eigenvalue weighted by Gasteiger charge is -2.27. The van der Waals surface area contributed by atoms with Crippen molar-refractivity contribution in [1.29, 1.82) is 0 Å². The van der Waals surface area contributed by atoms with E-state index < -0.39 is 0 Å². The molecule has 0 unspecified atom stereocenters. The molecule has 1 saturated heterocycles. The Morgan fingerprint density at radius 2 is 1.92 bits per heavy atom. The molecular formula is C19H23N5O. The maximum Gasteiger partial charge on any atom is 0.255 e. The molecule has 2 N–H and O–H groups in total. The van der Waals surface area contributed by atoms with Crippen LogP contribution in [0.3, 0.4) is 0 Å². The Kier molecular flexibility index (Phi) is 4.50. The lowest BCUT2D eigenvalue weighted by Crippen LogP contribution is -2.27. The highest BCUT2D eigenvalue weighted by molar-refractivity contribution is 6.06. The molecule has 0 aromatic carbocycles. The van der Waals surface area contributed by atoms with Crippen molar-refractivity contribution < 1.29 is 4.79 Å². The lowest BCUT2D eigenvalue weighted by atomic mass is 9.93. The zero-order valence-corrected chi connectivity index (χ0v) is 14.2. The summed E-state index contributed by atoms with van der Waals surface area (Å²) in [7, 11) is 0. The second-order valence-electron chi connectivity index (χ2n) is 6.72. The minimum Gasteiger partial charge on any atom is -0.367 e. The van der Waals surface area contributed by atoms with Crippen LogP contribution in [0.15, 0.2) is 36.7 Å². The van der Waals surface area contributed by atoms with E-state index in [4.69, 9.17) is 0 Å². The molecule has 1 aliphatic carbocycles. The van der Waals surface area contributed by atoms with Crippen LogP contribution in [0, 0.1) is 0 Å². The zero-order valence-electron chi connectivity index (χ0n) is 14.2. The van der Waals surface area contributed by atoms with E-state index in [9.17, 15) is 4.79 Å². The summed E-state index contributed by atoms with van der Waals surface area (Å²) in [6, 6.07) is 7.82. The number of nitrogens with zero attached hydrogens (tertiary/aromatic N) is 3. The van der Waals surface area contributed by atoms with E-state index in [0.717, 1.165) is 30.4 Å². The first kappa shape index (κ1) is 15.9. The molecule has 6 heteroatoms. The molecule has 0 spiro atoms. The molecule has 2 fully saturated rings. The Bertz CT molecular complexity index is 753. The highest BCUT2D eigenvalue weighted by Gasteiger charge is 2.20. The van der Waals surface area contributed by atoms with Crippen molar-refractivity contribution >= 4 is 23.2 Å². The smallest absolute Gasteiger partial charge is 0.255 e. The number of rotatable bonds is 5. The molecule has 25 heavy (non-hydrogen) atoms. The van der Waals surface area contributed by atoms with Crippen molar-refractivity contribution in [1.82, 2.24) is 9.97 Å². The highest BCUT2D eigenvalue weighted by atomic mass is 16.1. The average molecular weight is 337 g/mol. The number of anilines is 3. The van der Waals surface area contributed by atoms with E-state index in [2.05, 4.69) is 25.5 Å². The van der Waals surface area contributed by atoms with E-state index in [1.54, 1.807) is 18.5 Å². The molecule has 2 aromatic rings. The molecule has 0 bridgehead atoms.